The van der Waals surface area contributed by atoms with Crippen LogP contribution in [0.25, 0.3) is 5.76 Å². The second kappa shape index (κ2) is 13.1. The van der Waals surface area contributed by atoms with E-state index in [2.05, 4.69) is 6.92 Å². The fourth-order valence-electron chi connectivity index (χ4n) is 4.20. The van der Waals surface area contributed by atoms with Crippen molar-refractivity contribution in [2.75, 3.05) is 40.4 Å². The number of amides is 1. The molecule has 0 aromatic heterocycles. The van der Waals surface area contributed by atoms with Gasteiger partial charge in [0.25, 0.3) is 11.7 Å². The average Bonchev–Trinajstić information content (AvgIpc) is 3.12. The molecule has 2 aromatic rings. The quantitative estimate of drug-likeness (QED) is 0.182. The molecule has 1 N–H and O–H groups in total. The van der Waals surface area contributed by atoms with E-state index in [4.69, 9.17) is 9.47 Å². The molecule has 1 aliphatic heterocycles. The molecule has 0 radical (unpaired) electrons. The predicted octanol–water partition coefficient (Wildman–Crippen LogP) is 5.03. The van der Waals surface area contributed by atoms with Gasteiger partial charge in [-0.2, -0.15) is 0 Å². The fraction of sp³-hybridized carbons (Fsp3) is 0.448. The van der Waals surface area contributed by atoms with Gasteiger partial charge in [-0.25, -0.2) is 0 Å². The Bertz CT molecular complexity index is 1060. The highest BCUT2D eigenvalue weighted by Gasteiger charge is 2.45. The van der Waals surface area contributed by atoms with Crippen molar-refractivity contribution in [1.29, 1.82) is 0 Å². The maximum Gasteiger partial charge on any atom is 0.295 e. The summed E-state index contributed by atoms with van der Waals surface area (Å²) < 4.78 is 11.5. The van der Waals surface area contributed by atoms with Crippen LogP contribution in [0.3, 0.4) is 0 Å². The van der Waals surface area contributed by atoms with Gasteiger partial charge in [0.15, 0.2) is 0 Å². The standard InChI is InChI=1S/C29H38N2O5/c1-5-7-19-36-24-11-8-10-22(20-24)27(32)25-26(21-12-14-23(15-13-21)35-18-6-2)31(29(34)28(25)33)17-9-16-30(3)4/h8,10-15,20,26,32H,5-7,9,16-19H2,1-4H3. The summed E-state index contributed by atoms with van der Waals surface area (Å²) in [5, 5.41) is 11.3. The number of carbonyl (C=O) groups is 2. The molecule has 2 aromatic carbocycles. The summed E-state index contributed by atoms with van der Waals surface area (Å²) in [4.78, 5) is 30.0. The van der Waals surface area contributed by atoms with Gasteiger partial charge >= 0.3 is 0 Å². The molecule has 7 nitrogen and oxygen atoms in total. The number of carbonyl (C=O) groups excluding carboxylic acids is 2. The minimum absolute atomic E-state index is 0.0952. The second-order valence-corrected chi connectivity index (χ2v) is 9.30. The lowest BCUT2D eigenvalue weighted by Gasteiger charge is -2.26. The van der Waals surface area contributed by atoms with E-state index in [-0.39, 0.29) is 11.3 Å². The lowest BCUT2D eigenvalue weighted by Crippen LogP contribution is -2.32. The number of benzene rings is 2. The van der Waals surface area contributed by atoms with Gasteiger partial charge in [-0.1, -0.05) is 44.5 Å². The molecule has 1 saturated heterocycles. The van der Waals surface area contributed by atoms with Gasteiger partial charge in [-0.15, -0.1) is 0 Å². The van der Waals surface area contributed by atoms with Crippen LogP contribution in [0.1, 0.15) is 56.7 Å². The summed E-state index contributed by atoms with van der Waals surface area (Å²) in [7, 11) is 3.94. The topological polar surface area (TPSA) is 79.3 Å². The van der Waals surface area contributed by atoms with Crippen molar-refractivity contribution in [2.24, 2.45) is 0 Å². The third-order valence-electron chi connectivity index (χ3n) is 6.09. The Labute approximate surface area is 214 Å². The molecule has 7 heteroatoms. The minimum Gasteiger partial charge on any atom is -0.507 e. The van der Waals surface area contributed by atoms with Crippen molar-refractivity contribution in [3.8, 4) is 11.5 Å². The molecule has 1 aliphatic rings. The molecule has 194 valence electrons. The first-order valence-electron chi connectivity index (χ1n) is 12.8. The van der Waals surface area contributed by atoms with E-state index in [1.54, 1.807) is 23.1 Å². The molecule has 0 bridgehead atoms. The van der Waals surface area contributed by atoms with Crippen LogP contribution in [0.2, 0.25) is 0 Å². The summed E-state index contributed by atoms with van der Waals surface area (Å²) in [5.41, 5.74) is 1.29. The number of Topliss-reactive ketones (excluding diaryl/α,β-unsaturated/α-hetero) is 1. The third-order valence-corrected chi connectivity index (χ3v) is 6.09. The molecular weight excluding hydrogens is 456 g/mol. The van der Waals surface area contributed by atoms with Crippen LogP contribution >= 0.6 is 0 Å². The van der Waals surface area contributed by atoms with Crippen molar-refractivity contribution in [1.82, 2.24) is 9.80 Å². The predicted molar refractivity (Wildman–Crippen MR) is 141 cm³/mol. The number of aliphatic hydroxyl groups is 1. The monoisotopic (exact) mass is 494 g/mol. The Morgan fingerprint density at radius 1 is 0.944 bits per heavy atom. The van der Waals surface area contributed by atoms with Crippen LogP contribution in [-0.2, 0) is 9.59 Å². The highest BCUT2D eigenvalue weighted by Crippen LogP contribution is 2.40. The number of likely N-dealkylation sites (tertiary alicyclic amines) is 1. The van der Waals surface area contributed by atoms with E-state index in [0.29, 0.717) is 37.5 Å². The van der Waals surface area contributed by atoms with Crippen molar-refractivity contribution < 1.29 is 24.2 Å². The van der Waals surface area contributed by atoms with Crippen LogP contribution in [0.15, 0.2) is 54.1 Å². The first kappa shape index (κ1) is 27.3. The maximum absolute atomic E-state index is 13.2. The molecule has 0 saturated carbocycles. The SMILES string of the molecule is CCCCOc1cccc(C(O)=C2C(=O)C(=O)N(CCCN(C)C)C2c2ccc(OCCC)cc2)c1. The lowest BCUT2D eigenvalue weighted by molar-refractivity contribution is -0.139. The molecule has 1 atom stereocenters. The van der Waals surface area contributed by atoms with E-state index in [1.165, 1.54) is 0 Å². The van der Waals surface area contributed by atoms with Crippen molar-refractivity contribution in [3.05, 3.63) is 65.2 Å². The molecular formula is C29H38N2O5. The smallest absolute Gasteiger partial charge is 0.295 e. The highest BCUT2D eigenvalue weighted by atomic mass is 16.5. The Morgan fingerprint density at radius 3 is 2.33 bits per heavy atom. The van der Waals surface area contributed by atoms with E-state index >= 15 is 0 Å². The molecule has 1 unspecified atom stereocenters. The molecule has 3 rings (SSSR count). The molecule has 36 heavy (non-hydrogen) atoms. The molecule has 1 fully saturated rings. The zero-order chi connectivity index (χ0) is 26.1. The summed E-state index contributed by atoms with van der Waals surface area (Å²) in [5.74, 6) is -0.127. The Balaban J connectivity index is 2.00. The Morgan fingerprint density at radius 2 is 1.67 bits per heavy atom. The first-order chi connectivity index (χ1) is 17.4. The molecule has 1 amide bonds. The number of hydrogen-bond acceptors (Lipinski definition) is 6. The number of ketones is 1. The van der Waals surface area contributed by atoms with Crippen LogP contribution in [0, 0.1) is 0 Å². The Kier molecular flexibility index (Phi) is 9.94. The van der Waals surface area contributed by atoms with Gasteiger partial charge in [0.05, 0.1) is 24.8 Å². The number of ether oxygens (including phenoxy) is 2. The molecule has 1 heterocycles. The van der Waals surface area contributed by atoms with Crippen LogP contribution < -0.4 is 9.47 Å². The zero-order valence-electron chi connectivity index (χ0n) is 21.8. The summed E-state index contributed by atoms with van der Waals surface area (Å²) >= 11 is 0. The van der Waals surface area contributed by atoms with Gasteiger partial charge in [-0.05, 0) is 69.7 Å². The maximum atomic E-state index is 13.2. The number of rotatable bonds is 13. The Hall–Kier alpha value is -3.32. The minimum atomic E-state index is -0.683. The van der Waals surface area contributed by atoms with E-state index in [1.807, 2.05) is 56.3 Å². The van der Waals surface area contributed by atoms with Gasteiger partial charge < -0.3 is 24.4 Å². The largest absolute Gasteiger partial charge is 0.507 e. The number of aliphatic hydroxyl groups excluding tert-OH is 1. The van der Waals surface area contributed by atoms with Crippen LogP contribution in [-0.4, -0.2) is 67.0 Å². The van der Waals surface area contributed by atoms with Crippen molar-refractivity contribution in [2.45, 2.75) is 45.6 Å². The zero-order valence-corrected chi connectivity index (χ0v) is 21.8. The van der Waals surface area contributed by atoms with Crippen LogP contribution in [0.5, 0.6) is 11.5 Å². The van der Waals surface area contributed by atoms with E-state index < -0.39 is 17.7 Å². The summed E-state index contributed by atoms with van der Waals surface area (Å²) in [6.45, 7) is 6.49. The number of hydrogen-bond donors (Lipinski definition) is 1. The molecule has 0 spiro atoms. The second-order valence-electron chi connectivity index (χ2n) is 9.30. The number of unbranched alkanes of at least 4 members (excludes halogenated alkanes) is 1. The van der Waals surface area contributed by atoms with Gasteiger partial charge in [0, 0.05) is 12.1 Å². The third kappa shape index (κ3) is 6.66. The lowest BCUT2D eigenvalue weighted by atomic mass is 9.95. The van der Waals surface area contributed by atoms with Crippen molar-refractivity contribution in [3.63, 3.8) is 0 Å². The fourth-order valence-corrected chi connectivity index (χ4v) is 4.20. The van der Waals surface area contributed by atoms with Crippen molar-refractivity contribution >= 4 is 17.4 Å². The summed E-state index contributed by atoms with van der Waals surface area (Å²) in [6.07, 6.45) is 3.54. The average molecular weight is 495 g/mol. The van der Waals surface area contributed by atoms with Gasteiger partial charge in [0.1, 0.15) is 17.3 Å². The van der Waals surface area contributed by atoms with E-state index in [9.17, 15) is 14.7 Å². The van der Waals surface area contributed by atoms with Gasteiger partial charge in [0.2, 0.25) is 0 Å². The van der Waals surface area contributed by atoms with Gasteiger partial charge in [-0.3, -0.25) is 9.59 Å². The van der Waals surface area contributed by atoms with Crippen LogP contribution in [0.4, 0.5) is 0 Å². The van der Waals surface area contributed by atoms with E-state index in [0.717, 1.165) is 37.1 Å². The molecule has 0 aliphatic carbocycles. The first-order valence-corrected chi connectivity index (χ1v) is 12.8. The highest BCUT2D eigenvalue weighted by molar-refractivity contribution is 6.46. The normalized spacial score (nSPS) is 17.1. The number of nitrogens with zero attached hydrogens (tertiary/aromatic N) is 2. The summed E-state index contributed by atoms with van der Waals surface area (Å²) in [6, 6.07) is 13.7.